The van der Waals surface area contributed by atoms with Crippen LogP contribution >= 0.6 is 0 Å². The van der Waals surface area contributed by atoms with E-state index in [0.717, 1.165) is 10.6 Å². The topological polar surface area (TPSA) is 104 Å². The summed E-state index contributed by atoms with van der Waals surface area (Å²) in [6, 6.07) is 7.32. The van der Waals surface area contributed by atoms with Gasteiger partial charge in [0.2, 0.25) is 15.9 Å². The average Bonchev–Trinajstić information content (AvgIpc) is 2.59. The van der Waals surface area contributed by atoms with E-state index in [9.17, 15) is 21.6 Å². The average molecular weight is 389 g/mol. The fraction of sp³-hybridized carbons (Fsp3) is 0.533. The van der Waals surface area contributed by atoms with Gasteiger partial charge in [-0.2, -0.15) is 4.31 Å². The fourth-order valence-corrected chi connectivity index (χ4v) is 5.14. The third-order valence-corrected chi connectivity index (χ3v) is 7.17. The van der Waals surface area contributed by atoms with Crippen molar-refractivity contribution in [3.63, 3.8) is 0 Å². The highest BCUT2D eigenvalue weighted by Gasteiger charge is 2.37. The van der Waals surface area contributed by atoms with Crippen molar-refractivity contribution >= 4 is 25.8 Å². The van der Waals surface area contributed by atoms with E-state index in [4.69, 9.17) is 0 Å². The smallest absolute Gasteiger partial charge is 0.239 e. The summed E-state index contributed by atoms with van der Waals surface area (Å²) in [5.41, 5.74) is 0. The molecule has 1 aliphatic rings. The predicted octanol–water partition coefficient (Wildman–Crippen LogP) is -0.848. The lowest BCUT2D eigenvalue weighted by Crippen LogP contribution is -2.60. The molecule has 0 spiro atoms. The molecule has 1 aliphatic heterocycles. The number of amides is 1. The van der Waals surface area contributed by atoms with Crippen molar-refractivity contribution in [3.8, 4) is 0 Å². The first-order valence-corrected chi connectivity index (χ1v) is 11.3. The van der Waals surface area contributed by atoms with E-state index in [-0.39, 0.29) is 30.3 Å². The van der Waals surface area contributed by atoms with Crippen LogP contribution in [0, 0.1) is 0 Å². The molecular formula is C15H23N3O5S2. The zero-order valence-electron chi connectivity index (χ0n) is 14.3. The second kappa shape index (κ2) is 7.81. The second-order valence-corrected chi connectivity index (χ2v) is 9.98. The second-order valence-electron chi connectivity index (χ2n) is 5.94. The summed E-state index contributed by atoms with van der Waals surface area (Å²) in [4.78, 5) is 14.1. The Morgan fingerprint density at radius 3 is 2.36 bits per heavy atom. The van der Waals surface area contributed by atoms with Crippen molar-refractivity contribution in [3.05, 3.63) is 30.3 Å². The molecule has 10 heteroatoms. The van der Waals surface area contributed by atoms with Gasteiger partial charge in [-0.3, -0.25) is 9.69 Å². The van der Waals surface area contributed by atoms with Gasteiger partial charge in [0.25, 0.3) is 0 Å². The third kappa shape index (κ3) is 5.00. The van der Waals surface area contributed by atoms with Gasteiger partial charge in [-0.05, 0) is 12.1 Å². The molecule has 1 atom stereocenters. The van der Waals surface area contributed by atoms with E-state index < -0.39 is 31.8 Å². The Kier molecular flexibility index (Phi) is 6.20. The fourth-order valence-electron chi connectivity index (χ4n) is 2.80. The van der Waals surface area contributed by atoms with Crippen LogP contribution in [0.15, 0.2) is 35.2 Å². The molecule has 1 amide bonds. The Morgan fingerprint density at radius 2 is 1.80 bits per heavy atom. The molecule has 1 fully saturated rings. The van der Waals surface area contributed by atoms with Gasteiger partial charge in [0.05, 0.1) is 16.9 Å². The number of hydrogen-bond acceptors (Lipinski definition) is 6. The molecule has 1 saturated heterocycles. The van der Waals surface area contributed by atoms with Gasteiger partial charge in [0, 0.05) is 33.2 Å². The Bertz CT molecular complexity index is 809. The molecule has 2 rings (SSSR count). The molecular weight excluding hydrogens is 366 g/mol. The SMILES string of the molecule is CNC(=O)C1CN(CCS(=O)(=O)c2ccccc2)CCN1S(C)(=O)=O. The van der Waals surface area contributed by atoms with Crippen LogP contribution in [-0.4, -0.2) is 83.2 Å². The Hall–Kier alpha value is -1.49. The third-order valence-electron chi connectivity index (χ3n) is 4.17. The number of sulfonamides is 1. The number of carbonyl (C=O) groups is 1. The minimum Gasteiger partial charge on any atom is -0.358 e. The zero-order chi connectivity index (χ0) is 18.7. The van der Waals surface area contributed by atoms with Crippen LogP contribution in [0.3, 0.4) is 0 Å². The maximum atomic E-state index is 12.4. The number of rotatable bonds is 6. The van der Waals surface area contributed by atoms with Crippen LogP contribution < -0.4 is 5.32 Å². The normalized spacial score (nSPS) is 20.3. The minimum atomic E-state index is -3.51. The largest absolute Gasteiger partial charge is 0.358 e. The number of benzene rings is 1. The maximum Gasteiger partial charge on any atom is 0.239 e. The maximum absolute atomic E-state index is 12.4. The van der Waals surface area contributed by atoms with Crippen molar-refractivity contribution in [1.82, 2.24) is 14.5 Å². The first-order chi connectivity index (χ1) is 11.6. The summed E-state index contributed by atoms with van der Waals surface area (Å²) in [6.45, 7) is 0.937. The molecule has 0 saturated carbocycles. The van der Waals surface area contributed by atoms with Crippen molar-refractivity contribution in [1.29, 1.82) is 0 Å². The molecule has 1 N–H and O–H groups in total. The lowest BCUT2D eigenvalue weighted by molar-refractivity contribution is -0.126. The molecule has 0 aromatic heterocycles. The number of piperazine rings is 1. The van der Waals surface area contributed by atoms with E-state index in [1.54, 1.807) is 30.3 Å². The number of sulfone groups is 1. The molecule has 1 aromatic rings. The van der Waals surface area contributed by atoms with Gasteiger partial charge in [-0.1, -0.05) is 18.2 Å². The lowest BCUT2D eigenvalue weighted by Gasteiger charge is -2.38. The highest BCUT2D eigenvalue weighted by atomic mass is 32.2. The van der Waals surface area contributed by atoms with E-state index in [2.05, 4.69) is 5.32 Å². The van der Waals surface area contributed by atoms with Gasteiger partial charge in [-0.25, -0.2) is 16.8 Å². The number of hydrogen-bond donors (Lipinski definition) is 1. The first kappa shape index (κ1) is 19.8. The van der Waals surface area contributed by atoms with Gasteiger partial charge in [0.1, 0.15) is 6.04 Å². The summed E-state index contributed by atoms with van der Waals surface area (Å²) in [5.74, 6) is -0.489. The number of nitrogens with one attached hydrogen (secondary N) is 1. The van der Waals surface area contributed by atoms with Gasteiger partial charge in [-0.15, -0.1) is 0 Å². The van der Waals surface area contributed by atoms with Crippen molar-refractivity contribution in [2.45, 2.75) is 10.9 Å². The van der Waals surface area contributed by atoms with Crippen LogP contribution in [0.4, 0.5) is 0 Å². The standard InChI is InChI=1S/C15H23N3O5S2/c1-16-15(19)14-12-17(8-9-18(14)24(2,20)21)10-11-25(22,23)13-6-4-3-5-7-13/h3-7,14H,8-12H2,1-2H3,(H,16,19). The monoisotopic (exact) mass is 389 g/mol. The highest BCUT2D eigenvalue weighted by Crippen LogP contribution is 2.15. The van der Waals surface area contributed by atoms with Crippen LogP contribution in [0.25, 0.3) is 0 Å². The highest BCUT2D eigenvalue weighted by molar-refractivity contribution is 7.91. The van der Waals surface area contributed by atoms with Crippen LogP contribution in [0.5, 0.6) is 0 Å². The van der Waals surface area contributed by atoms with E-state index >= 15 is 0 Å². The lowest BCUT2D eigenvalue weighted by atomic mass is 10.2. The minimum absolute atomic E-state index is 0.0870. The van der Waals surface area contributed by atoms with Crippen LogP contribution in [-0.2, 0) is 24.7 Å². The summed E-state index contributed by atoms with van der Waals surface area (Å²) in [6.07, 6.45) is 1.07. The van der Waals surface area contributed by atoms with E-state index in [1.165, 1.54) is 7.05 Å². The van der Waals surface area contributed by atoms with E-state index in [1.807, 2.05) is 4.90 Å². The van der Waals surface area contributed by atoms with E-state index in [0.29, 0.717) is 6.54 Å². The van der Waals surface area contributed by atoms with Crippen LogP contribution in [0.2, 0.25) is 0 Å². The molecule has 8 nitrogen and oxygen atoms in total. The quantitative estimate of drug-likeness (QED) is 0.680. The van der Waals surface area contributed by atoms with Gasteiger partial charge >= 0.3 is 0 Å². The van der Waals surface area contributed by atoms with Crippen molar-refractivity contribution < 1.29 is 21.6 Å². The number of likely N-dealkylation sites (N-methyl/N-ethyl adjacent to an activating group) is 1. The number of nitrogens with zero attached hydrogens (tertiary/aromatic N) is 2. The summed E-state index contributed by atoms with van der Waals surface area (Å²) in [5, 5.41) is 2.47. The molecule has 0 aliphatic carbocycles. The van der Waals surface area contributed by atoms with Crippen molar-refractivity contribution in [2.24, 2.45) is 0 Å². The molecule has 140 valence electrons. The molecule has 0 bridgehead atoms. The summed E-state index contributed by atoms with van der Waals surface area (Å²) in [7, 11) is -5.49. The molecule has 25 heavy (non-hydrogen) atoms. The molecule has 1 heterocycles. The zero-order valence-corrected chi connectivity index (χ0v) is 15.9. The molecule has 1 unspecified atom stereocenters. The Labute approximate surface area is 148 Å². The molecule has 0 radical (unpaired) electrons. The van der Waals surface area contributed by atoms with Crippen LogP contribution in [0.1, 0.15) is 0 Å². The number of carbonyl (C=O) groups excluding carboxylic acids is 1. The Morgan fingerprint density at radius 1 is 1.16 bits per heavy atom. The van der Waals surface area contributed by atoms with Gasteiger partial charge < -0.3 is 5.32 Å². The van der Waals surface area contributed by atoms with Gasteiger partial charge in [0.15, 0.2) is 9.84 Å². The predicted molar refractivity (Wildman–Crippen MR) is 94.3 cm³/mol. The first-order valence-electron chi connectivity index (χ1n) is 7.84. The summed E-state index contributed by atoms with van der Waals surface area (Å²) < 4.78 is 49.6. The Balaban J connectivity index is 2.06. The van der Waals surface area contributed by atoms with Crippen molar-refractivity contribution in [2.75, 3.05) is 45.2 Å². The molecule has 1 aromatic carbocycles. The summed E-state index contributed by atoms with van der Waals surface area (Å²) >= 11 is 0.